The summed E-state index contributed by atoms with van der Waals surface area (Å²) in [6.45, 7) is 3.99. The van der Waals surface area contributed by atoms with Gasteiger partial charge in [0.15, 0.2) is 6.17 Å². The van der Waals surface area contributed by atoms with Crippen molar-refractivity contribution in [2.24, 2.45) is 17.3 Å². The fraction of sp³-hybridized carbons (Fsp3) is 0.773. The Morgan fingerprint density at radius 2 is 2.11 bits per heavy atom. The third-order valence-corrected chi connectivity index (χ3v) is 6.86. The minimum atomic E-state index is -1.46. The number of carbonyl (C=O) groups is 1. The second kappa shape index (κ2) is 8.54. The van der Waals surface area contributed by atoms with Gasteiger partial charge in [-0.05, 0) is 24.7 Å². The Bertz CT molecular complexity index is 637. The van der Waals surface area contributed by atoms with E-state index >= 15 is 4.39 Å². The van der Waals surface area contributed by atoms with Crippen LogP contribution in [0, 0.1) is 17.3 Å². The van der Waals surface area contributed by atoms with E-state index < -0.39 is 42.3 Å². The van der Waals surface area contributed by atoms with Crippen LogP contribution in [0.5, 0.6) is 0 Å². The van der Waals surface area contributed by atoms with Gasteiger partial charge in [-0.2, -0.15) is 0 Å². The van der Waals surface area contributed by atoms with Crippen molar-refractivity contribution in [2.45, 2.75) is 83.3 Å². The van der Waals surface area contributed by atoms with Crippen LogP contribution in [0.25, 0.3) is 0 Å². The van der Waals surface area contributed by atoms with Crippen LogP contribution in [0.1, 0.15) is 58.8 Å². The first kappa shape index (κ1) is 21.3. The molecule has 1 aliphatic heterocycles. The van der Waals surface area contributed by atoms with E-state index in [4.69, 9.17) is 9.47 Å². The van der Waals surface area contributed by atoms with E-state index in [1.54, 1.807) is 12.2 Å². The van der Waals surface area contributed by atoms with Gasteiger partial charge >= 0.3 is 5.97 Å². The highest BCUT2D eigenvalue weighted by atomic mass is 19.1. The molecule has 3 fully saturated rings. The number of halogens is 1. The second-order valence-corrected chi connectivity index (χ2v) is 8.79. The van der Waals surface area contributed by atoms with Gasteiger partial charge in [-0.1, -0.05) is 45.3 Å². The molecule has 6 unspecified atom stereocenters. The van der Waals surface area contributed by atoms with Gasteiger partial charge < -0.3 is 19.7 Å². The van der Waals surface area contributed by atoms with Crippen LogP contribution in [-0.2, 0) is 14.3 Å². The summed E-state index contributed by atoms with van der Waals surface area (Å²) in [5.74, 6) is -1.49. The molecule has 2 N–H and O–H groups in total. The molecule has 3 aliphatic rings. The van der Waals surface area contributed by atoms with Gasteiger partial charge in [0, 0.05) is 18.3 Å². The molecule has 0 bridgehead atoms. The van der Waals surface area contributed by atoms with E-state index in [2.05, 4.69) is 6.92 Å². The summed E-state index contributed by atoms with van der Waals surface area (Å²) >= 11 is 0. The molecule has 1 heterocycles. The topological polar surface area (TPSA) is 76.0 Å². The van der Waals surface area contributed by atoms with Gasteiger partial charge in [-0.3, -0.25) is 0 Å². The van der Waals surface area contributed by atoms with E-state index in [9.17, 15) is 15.0 Å². The van der Waals surface area contributed by atoms with Crippen LogP contribution in [0.3, 0.4) is 0 Å². The fourth-order valence-electron chi connectivity index (χ4n) is 5.11. The van der Waals surface area contributed by atoms with Gasteiger partial charge in [0.05, 0.1) is 24.9 Å². The fourth-order valence-corrected chi connectivity index (χ4v) is 5.11. The molecule has 0 aromatic carbocycles. The quantitative estimate of drug-likeness (QED) is 0.409. The number of methoxy groups -OCH3 is 1. The number of hydrogen-bond acceptors (Lipinski definition) is 5. The minimum Gasteiger partial charge on any atom is -0.491 e. The molecular weight excluding hydrogens is 363 g/mol. The van der Waals surface area contributed by atoms with Crippen molar-refractivity contribution in [1.29, 1.82) is 0 Å². The van der Waals surface area contributed by atoms with Crippen molar-refractivity contribution in [3.63, 3.8) is 0 Å². The van der Waals surface area contributed by atoms with Crippen LogP contribution < -0.4 is 0 Å². The van der Waals surface area contributed by atoms with Gasteiger partial charge in [-0.25, -0.2) is 9.18 Å². The Morgan fingerprint density at radius 3 is 2.71 bits per heavy atom. The van der Waals surface area contributed by atoms with E-state index in [-0.39, 0.29) is 16.7 Å². The molecule has 0 radical (unpaired) electrons. The molecule has 2 aliphatic carbocycles. The summed E-state index contributed by atoms with van der Waals surface area (Å²) in [6, 6.07) is 0. The lowest BCUT2D eigenvalue weighted by atomic mass is 9.81. The van der Waals surface area contributed by atoms with Crippen molar-refractivity contribution in [3.05, 3.63) is 23.5 Å². The van der Waals surface area contributed by atoms with Crippen LogP contribution in [0.15, 0.2) is 23.5 Å². The van der Waals surface area contributed by atoms with Crippen molar-refractivity contribution in [2.75, 3.05) is 7.11 Å². The summed E-state index contributed by atoms with van der Waals surface area (Å²) in [4.78, 5) is 12.1. The molecular formula is C22H33FO5. The highest BCUT2D eigenvalue weighted by molar-refractivity contribution is 5.89. The summed E-state index contributed by atoms with van der Waals surface area (Å²) in [5, 5.41) is 21.1. The number of ether oxygens (including phenoxy) is 2. The Kier molecular flexibility index (Phi) is 6.50. The minimum absolute atomic E-state index is 0.0669. The van der Waals surface area contributed by atoms with E-state index in [1.807, 2.05) is 6.92 Å². The zero-order chi connectivity index (χ0) is 20.5. The summed E-state index contributed by atoms with van der Waals surface area (Å²) < 4.78 is 26.0. The molecule has 6 atom stereocenters. The Hall–Kier alpha value is -1.40. The maximum Gasteiger partial charge on any atom is 0.337 e. The number of rotatable bonds is 6. The number of esters is 1. The zero-order valence-corrected chi connectivity index (χ0v) is 17.1. The number of hydrogen-bond donors (Lipinski definition) is 2. The first-order valence-corrected chi connectivity index (χ1v) is 10.5. The highest BCUT2D eigenvalue weighted by Crippen LogP contribution is 2.49. The number of allylic oxidation sites excluding steroid dienone is 1. The molecule has 1 saturated heterocycles. The maximum atomic E-state index is 15.3. The van der Waals surface area contributed by atoms with Crippen LogP contribution in [-0.4, -0.2) is 47.8 Å². The first-order chi connectivity index (χ1) is 13.3. The Labute approximate surface area is 166 Å². The van der Waals surface area contributed by atoms with Crippen molar-refractivity contribution >= 4 is 5.97 Å². The molecule has 0 amide bonds. The smallest absolute Gasteiger partial charge is 0.337 e. The van der Waals surface area contributed by atoms with Gasteiger partial charge in [0.25, 0.3) is 0 Å². The van der Waals surface area contributed by atoms with Crippen LogP contribution >= 0.6 is 0 Å². The lowest BCUT2D eigenvalue weighted by Gasteiger charge is -2.28. The number of fused-ring (bicyclic) bond motifs is 1. The number of aliphatic hydroxyl groups is 2. The third-order valence-electron chi connectivity index (χ3n) is 6.86. The largest absolute Gasteiger partial charge is 0.491 e. The standard InChI is InChI=1S/C22H33FO5/c1-4-7-14(21(26)27-3)20-19(23)18-13(15(24)12-16(18)28-20)8-9-17(25)22(2)10-5-6-11-22/h8-9,13,15-19,24-25H,4-7,10-12H2,1-3H3/b9-8+,20-14+. The molecule has 6 heteroatoms. The monoisotopic (exact) mass is 396 g/mol. The summed E-state index contributed by atoms with van der Waals surface area (Å²) in [6.07, 6.45) is 5.78. The maximum absolute atomic E-state index is 15.3. The van der Waals surface area contributed by atoms with E-state index in [0.717, 1.165) is 25.7 Å². The average molecular weight is 396 g/mol. The van der Waals surface area contributed by atoms with Gasteiger partial charge in [0.2, 0.25) is 0 Å². The molecule has 2 saturated carbocycles. The van der Waals surface area contributed by atoms with Crippen LogP contribution in [0.2, 0.25) is 0 Å². The lowest BCUT2D eigenvalue weighted by Crippen LogP contribution is -2.29. The normalized spacial score (nSPS) is 37.0. The average Bonchev–Trinajstić information content (AvgIpc) is 3.33. The third kappa shape index (κ3) is 3.86. The molecule has 0 aromatic heterocycles. The number of aliphatic hydroxyl groups excluding tert-OH is 2. The number of carbonyl (C=O) groups excluding carboxylic acids is 1. The number of alkyl halides is 1. The molecule has 0 aromatic rings. The van der Waals surface area contributed by atoms with E-state index in [1.165, 1.54) is 7.11 Å². The molecule has 0 spiro atoms. The Balaban J connectivity index is 1.80. The van der Waals surface area contributed by atoms with Crippen molar-refractivity contribution < 1.29 is 28.9 Å². The van der Waals surface area contributed by atoms with Crippen molar-refractivity contribution in [3.8, 4) is 0 Å². The Morgan fingerprint density at radius 1 is 1.43 bits per heavy atom. The van der Waals surface area contributed by atoms with E-state index in [0.29, 0.717) is 19.3 Å². The van der Waals surface area contributed by atoms with Gasteiger partial charge in [-0.15, -0.1) is 0 Å². The zero-order valence-electron chi connectivity index (χ0n) is 17.1. The molecule has 3 rings (SSSR count). The van der Waals surface area contributed by atoms with Crippen LogP contribution in [0.4, 0.5) is 4.39 Å². The molecule has 5 nitrogen and oxygen atoms in total. The SMILES string of the molecule is CCC/C(C(=O)OC)=C1\OC2CC(O)C(/C=C/C(O)C3(C)CCCC3)C2C1F. The highest BCUT2D eigenvalue weighted by Gasteiger charge is 2.54. The lowest BCUT2D eigenvalue weighted by molar-refractivity contribution is -0.136. The predicted molar refractivity (Wildman–Crippen MR) is 103 cm³/mol. The van der Waals surface area contributed by atoms with Crippen molar-refractivity contribution in [1.82, 2.24) is 0 Å². The summed E-state index contributed by atoms with van der Waals surface area (Å²) in [5.41, 5.74) is 0.105. The summed E-state index contributed by atoms with van der Waals surface area (Å²) in [7, 11) is 1.28. The van der Waals surface area contributed by atoms with Gasteiger partial charge in [0.1, 0.15) is 11.9 Å². The molecule has 28 heavy (non-hydrogen) atoms. The predicted octanol–water partition coefficient (Wildman–Crippen LogP) is 3.44. The molecule has 158 valence electrons. The second-order valence-electron chi connectivity index (χ2n) is 8.79. The first-order valence-electron chi connectivity index (χ1n) is 10.5.